The molecule has 23 nitrogen and oxygen atoms in total. The number of hydrogen-bond donors (Lipinski definition) is 14. The summed E-state index contributed by atoms with van der Waals surface area (Å²) in [5, 5.41) is 28.4. The molecule has 0 bridgehead atoms. The van der Waals surface area contributed by atoms with Crippen LogP contribution in [0.3, 0.4) is 0 Å². The van der Waals surface area contributed by atoms with Gasteiger partial charge in [0.05, 0.1) is 13.1 Å². The third kappa shape index (κ3) is 28.9. The van der Waals surface area contributed by atoms with Crippen molar-refractivity contribution >= 4 is 53.4 Å². The molecule has 0 saturated heterocycles. The minimum Gasteiger partial charge on any atom is -0.480 e. The number of hydrogen-bond acceptors (Lipinski definition) is 11. The minimum absolute atomic E-state index is 0.0144. The summed E-state index contributed by atoms with van der Waals surface area (Å²) in [6.45, 7) is 8.32. The third-order valence-corrected chi connectivity index (χ3v) is 8.20. The fraction of sp³-hybridized carbons (Fsp3) is 0.743. The number of guanidine groups is 3. The smallest absolute Gasteiger partial charge is 0.326 e. The molecular weight excluding hydrogens is 756 g/mol. The number of amides is 5. The van der Waals surface area contributed by atoms with Crippen LogP contribution in [0.1, 0.15) is 91.9 Å². The number of nitrogens with one attached hydrogen (secondary N) is 7. The summed E-state index contributed by atoms with van der Waals surface area (Å²) in [4.78, 5) is 89.8. The van der Waals surface area contributed by atoms with Gasteiger partial charge in [-0.15, -0.1) is 0 Å². The van der Waals surface area contributed by atoms with E-state index in [9.17, 15) is 33.9 Å². The number of carboxylic acid groups (broad SMARTS) is 1. The topological polar surface area (TPSA) is 400 Å². The summed E-state index contributed by atoms with van der Waals surface area (Å²) in [5.41, 5.74) is 32.6. The van der Waals surface area contributed by atoms with Gasteiger partial charge in [-0.05, 0) is 84.7 Å². The summed E-state index contributed by atoms with van der Waals surface area (Å²) >= 11 is 0. The van der Waals surface area contributed by atoms with Crippen molar-refractivity contribution in [3.05, 3.63) is 0 Å². The minimum atomic E-state index is -1.24. The van der Waals surface area contributed by atoms with Crippen LogP contribution in [0, 0.1) is 0 Å². The Morgan fingerprint density at radius 1 is 0.569 bits per heavy atom. The number of nitrogens with two attached hydrogens (primary N) is 6. The second kappa shape index (κ2) is 33.7. The molecule has 0 aliphatic heterocycles. The number of rotatable bonds is 31. The van der Waals surface area contributed by atoms with E-state index in [4.69, 9.17) is 34.4 Å². The van der Waals surface area contributed by atoms with E-state index >= 15 is 0 Å². The van der Waals surface area contributed by atoms with Crippen molar-refractivity contribution < 1.29 is 33.9 Å². The van der Waals surface area contributed by atoms with E-state index < -0.39 is 66.2 Å². The average molecular weight is 829 g/mol. The summed E-state index contributed by atoms with van der Waals surface area (Å²) in [6, 6.07) is -4.67. The van der Waals surface area contributed by atoms with Crippen LogP contribution in [0.2, 0.25) is 0 Å². The van der Waals surface area contributed by atoms with E-state index in [-0.39, 0.29) is 88.6 Å². The predicted molar refractivity (Wildman–Crippen MR) is 225 cm³/mol. The third-order valence-electron chi connectivity index (χ3n) is 8.20. The Labute approximate surface area is 341 Å². The van der Waals surface area contributed by atoms with Crippen molar-refractivity contribution in [2.45, 2.75) is 122 Å². The zero-order valence-corrected chi connectivity index (χ0v) is 34.9. The van der Waals surface area contributed by atoms with Crippen molar-refractivity contribution in [1.82, 2.24) is 37.2 Å². The summed E-state index contributed by atoms with van der Waals surface area (Å²) in [7, 11) is 1.77. The molecule has 0 aromatic carbocycles. The summed E-state index contributed by atoms with van der Waals surface area (Å²) in [6.07, 6.45) is 3.13. The predicted octanol–water partition coefficient (Wildman–Crippen LogP) is -3.91. The van der Waals surface area contributed by atoms with Gasteiger partial charge in [0.1, 0.15) is 24.2 Å². The number of carbonyl (C=O) groups excluding carboxylic acids is 5. The van der Waals surface area contributed by atoms with Gasteiger partial charge in [0.15, 0.2) is 17.9 Å². The molecule has 0 heterocycles. The fourth-order valence-corrected chi connectivity index (χ4v) is 4.96. The Hall–Kier alpha value is -5.45. The molecule has 0 saturated carbocycles. The SMILES string of the molecule is CC.CCC(C)NCC(=O)NC(CCCN=C(N)N)C(=O)NC(CCCN=C(N)N)C(=O)NC(CCCN=C(N)N)C(=O)NCC(=O)NC(CCCCNC)C(=O)O. The second-order valence-corrected chi connectivity index (χ2v) is 13.1. The first-order valence-electron chi connectivity index (χ1n) is 19.7. The molecule has 0 rings (SSSR count). The molecule has 23 heteroatoms. The molecule has 5 amide bonds. The zero-order chi connectivity index (χ0) is 44.5. The Balaban J connectivity index is 0. The van der Waals surface area contributed by atoms with Gasteiger partial charge in [0.2, 0.25) is 29.5 Å². The molecule has 0 aliphatic rings. The maximum absolute atomic E-state index is 13.8. The van der Waals surface area contributed by atoms with Crippen molar-refractivity contribution in [3.63, 3.8) is 0 Å². The molecule has 0 aromatic rings. The van der Waals surface area contributed by atoms with Crippen molar-refractivity contribution in [3.8, 4) is 0 Å². The maximum atomic E-state index is 13.8. The fourth-order valence-electron chi connectivity index (χ4n) is 4.96. The molecule has 0 spiro atoms. The summed E-state index contributed by atoms with van der Waals surface area (Å²) < 4.78 is 0. The number of nitrogens with zero attached hydrogens (tertiary/aromatic N) is 3. The lowest BCUT2D eigenvalue weighted by molar-refractivity contribution is -0.142. The first-order valence-corrected chi connectivity index (χ1v) is 19.7. The molecule has 334 valence electrons. The van der Waals surface area contributed by atoms with Gasteiger partial charge < -0.3 is 76.7 Å². The molecule has 0 fully saturated rings. The van der Waals surface area contributed by atoms with Gasteiger partial charge in [0, 0.05) is 25.7 Å². The lowest BCUT2D eigenvalue weighted by atomic mass is 10.1. The molecule has 5 atom stereocenters. The standard InChI is InChI=1S/C33H66N16O7.C2H6/c1-4-20(2)44-18-25(50)46-22(12-8-16-42-32(36)37)28(53)49-23(13-9-17-43-33(38)39)29(54)48-21(11-7-15-41-31(34)35)27(52)45-19-26(51)47-24(30(55)56)10-5-6-14-40-3;1-2/h20-24,40,44H,4-19H2,1-3H3,(H,45,52)(H,46,50)(H,47,51)(H,48,54)(H,49,53)(H,55,56)(H4,34,35,41)(H4,36,37,42)(H4,38,39,43);1-2H3. The van der Waals surface area contributed by atoms with Crippen LogP contribution in [-0.4, -0.2) is 135 Å². The van der Waals surface area contributed by atoms with Crippen LogP contribution in [0.25, 0.3) is 0 Å². The van der Waals surface area contributed by atoms with E-state index in [1.807, 2.05) is 27.7 Å². The van der Waals surface area contributed by atoms with Gasteiger partial charge in [-0.25, -0.2) is 4.79 Å². The van der Waals surface area contributed by atoms with Gasteiger partial charge in [-0.3, -0.25) is 38.9 Å². The molecular formula is C35H72N16O7. The molecule has 0 aliphatic carbocycles. The van der Waals surface area contributed by atoms with E-state index in [0.29, 0.717) is 25.8 Å². The van der Waals surface area contributed by atoms with Crippen molar-refractivity contribution in [2.75, 3.05) is 46.3 Å². The lowest BCUT2D eigenvalue weighted by Gasteiger charge is -2.25. The highest BCUT2D eigenvalue weighted by atomic mass is 16.4. The first-order chi connectivity index (χ1) is 27.5. The average Bonchev–Trinajstić information content (AvgIpc) is 3.17. The maximum Gasteiger partial charge on any atom is 0.326 e. The first kappa shape index (κ1) is 54.6. The van der Waals surface area contributed by atoms with Gasteiger partial charge in [0.25, 0.3) is 0 Å². The van der Waals surface area contributed by atoms with Crippen LogP contribution < -0.4 is 71.6 Å². The molecule has 5 unspecified atom stereocenters. The van der Waals surface area contributed by atoms with E-state index in [2.05, 4.69) is 52.2 Å². The Morgan fingerprint density at radius 2 is 0.966 bits per heavy atom. The number of carboxylic acids is 1. The van der Waals surface area contributed by atoms with Crippen molar-refractivity contribution in [1.29, 1.82) is 0 Å². The number of aliphatic carboxylic acids is 1. The van der Waals surface area contributed by atoms with Crippen LogP contribution in [0.5, 0.6) is 0 Å². The number of unbranched alkanes of at least 4 members (excludes halogenated alkanes) is 1. The van der Waals surface area contributed by atoms with Crippen LogP contribution in [0.4, 0.5) is 0 Å². The second-order valence-electron chi connectivity index (χ2n) is 13.1. The van der Waals surface area contributed by atoms with E-state index in [1.165, 1.54) is 0 Å². The van der Waals surface area contributed by atoms with E-state index in [1.54, 1.807) is 7.05 Å². The number of carbonyl (C=O) groups is 6. The number of aliphatic imine (C=N–C) groups is 3. The van der Waals surface area contributed by atoms with E-state index in [0.717, 1.165) is 6.42 Å². The Morgan fingerprint density at radius 3 is 1.38 bits per heavy atom. The van der Waals surface area contributed by atoms with Crippen molar-refractivity contribution in [2.24, 2.45) is 49.4 Å². The Kier molecular flexibility index (Phi) is 31.7. The van der Waals surface area contributed by atoms with Crippen LogP contribution >= 0.6 is 0 Å². The monoisotopic (exact) mass is 829 g/mol. The normalized spacial score (nSPS) is 13.0. The highest BCUT2D eigenvalue weighted by Gasteiger charge is 2.30. The molecule has 0 radical (unpaired) electrons. The zero-order valence-electron chi connectivity index (χ0n) is 34.9. The summed E-state index contributed by atoms with van der Waals surface area (Å²) in [5.74, 6) is -5.10. The highest BCUT2D eigenvalue weighted by molar-refractivity contribution is 5.95. The highest BCUT2D eigenvalue weighted by Crippen LogP contribution is 2.07. The largest absolute Gasteiger partial charge is 0.480 e. The molecule has 58 heavy (non-hydrogen) atoms. The Bertz CT molecular complexity index is 1320. The van der Waals surface area contributed by atoms with Crippen LogP contribution in [-0.2, 0) is 28.8 Å². The van der Waals surface area contributed by atoms with Crippen LogP contribution in [0.15, 0.2) is 15.0 Å². The van der Waals surface area contributed by atoms with Gasteiger partial charge in [-0.2, -0.15) is 0 Å². The van der Waals surface area contributed by atoms with Gasteiger partial charge >= 0.3 is 5.97 Å². The molecule has 0 aromatic heterocycles. The molecule has 20 N–H and O–H groups in total. The van der Waals surface area contributed by atoms with Gasteiger partial charge in [-0.1, -0.05) is 20.8 Å². The lowest BCUT2D eigenvalue weighted by Crippen LogP contribution is -2.57. The quantitative estimate of drug-likeness (QED) is 0.0180.